The minimum absolute atomic E-state index is 0.962. The molecule has 3 aromatic heterocycles. The SMILES string of the molecule is Cc1ccnc(-c2cc(CCCCCCn3cccc3)ccn2)c1. The largest absolute Gasteiger partial charge is 0.354 e. The molecule has 0 aliphatic carbocycles. The van der Waals surface area contributed by atoms with Crippen molar-refractivity contribution in [2.75, 3.05) is 0 Å². The highest BCUT2D eigenvalue weighted by Gasteiger charge is 2.03. The Morgan fingerprint density at radius 2 is 1.54 bits per heavy atom. The molecule has 3 heterocycles. The zero-order valence-electron chi connectivity index (χ0n) is 14.4. The van der Waals surface area contributed by atoms with Gasteiger partial charge in [-0.15, -0.1) is 0 Å². The van der Waals surface area contributed by atoms with Crippen molar-refractivity contribution in [1.29, 1.82) is 0 Å². The predicted molar refractivity (Wildman–Crippen MR) is 98.8 cm³/mol. The molecule has 0 bridgehead atoms. The maximum absolute atomic E-state index is 4.47. The van der Waals surface area contributed by atoms with E-state index < -0.39 is 0 Å². The van der Waals surface area contributed by atoms with Gasteiger partial charge in [0, 0.05) is 31.3 Å². The lowest BCUT2D eigenvalue weighted by Gasteiger charge is -2.06. The molecule has 0 radical (unpaired) electrons. The van der Waals surface area contributed by atoms with E-state index in [-0.39, 0.29) is 0 Å². The fourth-order valence-corrected chi connectivity index (χ4v) is 2.94. The Bertz CT molecular complexity index is 747. The molecule has 0 saturated heterocycles. The van der Waals surface area contributed by atoms with Gasteiger partial charge in [0.2, 0.25) is 0 Å². The average Bonchev–Trinajstić information content (AvgIpc) is 3.12. The van der Waals surface area contributed by atoms with E-state index in [4.69, 9.17) is 0 Å². The van der Waals surface area contributed by atoms with Gasteiger partial charge in [0.05, 0.1) is 11.4 Å². The van der Waals surface area contributed by atoms with E-state index in [1.165, 1.54) is 36.8 Å². The van der Waals surface area contributed by atoms with Crippen LogP contribution in [0.25, 0.3) is 11.4 Å². The van der Waals surface area contributed by atoms with Gasteiger partial charge in [-0.1, -0.05) is 12.8 Å². The van der Waals surface area contributed by atoms with Gasteiger partial charge in [0.25, 0.3) is 0 Å². The van der Waals surface area contributed by atoms with E-state index in [0.717, 1.165) is 24.4 Å². The van der Waals surface area contributed by atoms with E-state index in [1.54, 1.807) is 0 Å². The first kappa shape index (κ1) is 16.4. The number of hydrogen-bond donors (Lipinski definition) is 0. The van der Waals surface area contributed by atoms with Crippen LogP contribution in [0, 0.1) is 6.92 Å². The van der Waals surface area contributed by atoms with E-state index >= 15 is 0 Å². The highest BCUT2D eigenvalue weighted by molar-refractivity contribution is 5.55. The fraction of sp³-hybridized carbons (Fsp3) is 0.333. The summed E-state index contributed by atoms with van der Waals surface area (Å²) >= 11 is 0. The van der Waals surface area contributed by atoms with E-state index in [1.807, 2.05) is 18.5 Å². The minimum Gasteiger partial charge on any atom is -0.354 e. The fourth-order valence-electron chi connectivity index (χ4n) is 2.94. The quantitative estimate of drug-likeness (QED) is 0.544. The molecule has 0 unspecified atom stereocenters. The first-order chi connectivity index (χ1) is 11.8. The number of aryl methyl sites for hydroxylation is 3. The van der Waals surface area contributed by atoms with Gasteiger partial charge in [-0.05, 0) is 73.7 Å². The predicted octanol–water partition coefficient (Wildman–Crippen LogP) is 5.06. The molecule has 0 atom stereocenters. The van der Waals surface area contributed by atoms with Crippen LogP contribution < -0.4 is 0 Å². The minimum atomic E-state index is 0.962. The third-order valence-corrected chi connectivity index (χ3v) is 4.30. The van der Waals surface area contributed by atoms with Crippen molar-refractivity contribution >= 4 is 0 Å². The molecule has 0 saturated carbocycles. The lowest BCUT2D eigenvalue weighted by atomic mass is 10.1. The van der Waals surface area contributed by atoms with Crippen LogP contribution in [0.15, 0.2) is 61.2 Å². The monoisotopic (exact) mass is 319 g/mol. The number of hydrogen-bond acceptors (Lipinski definition) is 2. The van der Waals surface area contributed by atoms with Crippen LogP contribution in [-0.2, 0) is 13.0 Å². The molecule has 0 N–H and O–H groups in total. The summed E-state index contributed by atoms with van der Waals surface area (Å²) in [5, 5.41) is 0. The highest BCUT2D eigenvalue weighted by Crippen LogP contribution is 2.18. The summed E-state index contributed by atoms with van der Waals surface area (Å²) in [5.41, 5.74) is 4.51. The number of rotatable bonds is 8. The second-order valence-electron chi connectivity index (χ2n) is 6.35. The molecule has 0 amide bonds. The van der Waals surface area contributed by atoms with Crippen LogP contribution in [-0.4, -0.2) is 14.5 Å². The van der Waals surface area contributed by atoms with Crippen LogP contribution in [0.1, 0.15) is 36.8 Å². The Balaban J connectivity index is 1.45. The maximum Gasteiger partial charge on any atom is 0.0888 e. The van der Waals surface area contributed by atoms with Crippen LogP contribution >= 0.6 is 0 Å². The van der Waals surface area contributed by atoms with Crippen LogP contribution in [0.2, 0.25) is 0 Å². The molecule has 0 spiro atoms. The van der Waals surface area contributed by atoms with E-state index in [2.05, 4.69) is 64.2 Å². The van der Waals surface area contributed by atoms with Gasteiger partial charge in [0.1, 0.15) is 0 Å². The van der Waals surface area contributed by atoms with Crippen molar-refractivity contribution in [2.45, 2.75) is 45.6 Å². The van der Waals surface area contributed by atoms with Crippen molar-refractivity contribution in [2.24, 2.45) is 0 Å². The second-order valence-corrected chi connectivity index (χ2v) is 6.35. The van der Waals surface area contributed by atoms with Crippen LogP contribution in [0.3, 0.4) is 0 Å². The van der Waals surface area contributed by atoms with Crippen molar-refractivity contribution in [3.05, 3.63) is 72.3 Å². The van der Waals surface area contributed by atoms with Gasteiger partial charge in [-0.2, -0.15) is 0 Å². The topological polar surface area (TPSA) is 30.7 Å². The third kappa shape index (κ3) is 4.79. The number of unbranched alkanes of at least 4 members (excludes halogenated alkanes) is 3. The normalized spacial score (nSPS) is 10.9. The standard InChI is InChI=1S/C21H25N3/c1-18-9-11-22-20(16-18)21-17-19(10-12-23-21)8-4-2-3-5-13-24-14-6-7-15-24/h6-7,9-12,14-17H,2-5,8,13H2,1H3. The average molecular weight is 319 g/mol. The van der Waals surface area contributed by atoms with Crippen molar-refractivity contribution in [1.82, 2.24) is 14.5 Å². The molecule has 3 heteroatoms. The van der Waals surface area contributed by atoms with E-state index in [9.17, 15) is 0 Å². The summed E-state index contributed by atoms with van der Waals surface area (Å²) in [6.45, 7) is 3.22. The Morgan fingerprint density at radius 1 is 0.833 bits per heavy atom. The maximum atomic E-state index is 4.47. The zero-order chi connectivity index (χ0) is 16.6. The number of nitrogens with zero attached hydrogens (tertiary/aromatic N) is 3. The van der Waals surface area contributed by atoms with Crippen molar-refractivity contribution < 1.29 is 0 Å². The van der Waals surface area contributed by atoms with Gasteiger partial charge in [-0.25, -0.2) is 0 Å². The summed E-state index contributed by atoms with van der Waals surface area (Å²) in [4.78, 5) is 8.90. The lowest BCUT2D eigenvalue weighted by molar-refractivity contribution is 0.573. The summed E-state index contributed by atoms with van der Waals surface area (Å²) in [6, 6.07) is 12.6. The van der Waals surface area contributed by atoms with Crippen LogP contribution in [0.5, 0.6) is 0 Å². The lowest BCUT2D eigenvalue weighted by Crippen LogP contribution is -1.95. The smallest absolute Gasteiger partial charge is 0.0888 e. The van der Waals surface area contributed by atoms with Gasteiger partial charge < -0.3 is 4.57 Å². The van der Waals surface area contributed by atoms with Crippen molar-refractivity contribution in [3.8, 4) is 11.4 Å². The van der Waals surface area contributed by atoms with Crippen molar-refractivity contribution in [3.63, 3.8) is 0 Å². The Kier molecular flexibility index (Phi) is 5.78. The number of pyridine rings is 2. The summed E-state index contributed by atoms with van der Waals surface area (Å²) in [7, 11) is 0. The first-order valence-corrected chi connectivity index (χ1v) is 8.80. The Morgan fingerprint density at radius 3 is 2.33 bits per heavy atom. The van der Waals surface area contributed by atoms with Gasteiger partial charge in [0.15, 0.2) is 0 Å². The second kappa shape index (κ2) is 8.44. The highest BCUT2D eigenvalue weighted by atomic mass is 14.9. The molecule has 3 nitrogen and oxygen atoms in total. The molecule has 0 aromatic carbocycles. The van der Waals surface area contributed by atoms with Gasteiger partial charge >= 0.3 is 0 Å². The van der Waals surface area contributed by atoms with Gasteiger partial charge in [-0.3, -0.25) is 9.97 Å². The summed E-state index contributed by atoms with van der Waals surface area (Å²) < 4.78 is 2.25. The molecule has 3 rings (SSSR count). The molecule has 24 heavy (non-hydrogen) atoms. The zero-order valence-corrected chi connectivity index (χ0v) is 14.4. The number of aromatic nitrogens is 3. The molecule has 0 aliphatic heterocycles. The summed E-state index contributed by atoms with van der Waals surface area (Å²) in [5.74, 6) is 0. The molecule has 0 aliphatic rings. The molecular weight excluding hydrogens is 294 g/mol. The molecule has 124 valence electrons. The summed E-state index contributed by atoms with van der Waals surface area (Å²) in [6.07, 6.45) is 14.2. The van der Waals surface area contributed by atoms with Crippen LogP contribution in [0.4, 0.5) is 0 Å². The molecule has 0 fully saturated rings. The molecule has 3 aromatic rings. The molecular formula is C21H25N3. The first-order valence-electron chi connectivity index (χ1n) is 8.80. The Labute approximate surface area is 144 Å². The Hall–Kier alpha value is -2.42. The third-order valence-electron chi connectivity index (χ3n) is 4.30. The van der Waals surface area contributed by atoms with E-state index in [0.29, 0.717) is 0 Å².